The molecule has 0 aliphatic carbocycles. The Hall–Kier alpha value is -1.09. The zero-order valence-electron chi connectivity index (χ0n) is 7.40. The third-order valence-electron chi connectivity index (χ3n) is 1.71. The molecular weight excluding hydrogens is 188 g/mol. The summed E-state index contributed by atoms with van der Waals surface area (Å²) in [5.41, 5.74) is 0.846. The second-order valence-corrected chi connectivity index (χ2v) is 2.91. The molecule has 0 aliphatic heterocycles. The fraction of sp³-hybridized carbons (Fsp3) is 0.333. The molecule has 13 heavy (non-hydrogen) atoms. The van der Waals surface area contributed by atoms with Crippen molar-refractivity contribution in [2.75, 3.05) is 6.54 Å². The molecule has 0 saturated heterocycles. The minimum atomic E-state index is -0.437. The first-order chi connectivity index (χ1) is 6.24. The second-order valence-electron chi connectivity index (χ2n) is 2.59. The predicted molar refractivity (Wildman–Crippen MR) is 51.6 cm³/mol. The van der Waals surface area contributed by atoms with Crippen LogP contribution in [0.5, 0.6) is 0 Å². The third kappa shape index (κ3) is 3.03. The van der Waals surface area contributed by atoms with Crippen LogP contribution in [0.25, 0.3) is 0 Å². The maximum atomic E-state index is 10.8. The number of carbonyl (C=O) groups excluding carboxylic acids is 1. The number of carbonyl (C=O) groups is 1. The van der Waals surface area contributed by atoms with E-state index in [1.165, 1.54) is 4.90 Å². The number of rotatable bonds is 3. The van der Waals surface area contributed by atoms with Gasteiger partial charge in [0.25, 0.3) is 0 Å². The van der Waals surface area contributed by atoms with Crippen LogP contribution < -0.4 is 0 Å². The van der Waals surface area contributed by atoms with Gasteiger partial charge < -0.3 is 4.90 Å². The summed E-state index contributed by atoms with van der Waals surface area (Å²) in [6.07, 6.45) is 1.70. The van der Waals surface area contributed by atoms with Gasteiger partial charge in [0.2, 0.25) is 0 Å². The molecule has 1 rings (SSSR count). The Bertz CT molecular complexity index is 276. The number of amides is 1. The molecule has 0 aromatic carbocycles. The minimum absolute atomic E-state index is 0.437. The average Bonchev–Trinajstić information content (AvgIpc) is 2.15. The molecule has 0 unspecified atom stereocenters. The molecular formula is C9H11ClN2O. The van der Waals surface area contributed by atoms with Crippen molar-refractivity contribution in [1.29, 1.82) is 0 Å². The largest absolute Gasteiger partial charge is 0.324 e. The molecule has 0 saturated carbocycles. The minimum Gasteiger partial charge on any atom is -0.324 e. The maximum absolute atomic E-state index is 10.8. The van der Waals surface area contributed by atoms with Gasteiger partial charge in [0.1, 0.15) is 0 Å². The van der Waals surface area contributed by atoms with Gasteiger partial charge in [0, 0.05) is 12.7 Å². The fourth-order valence-corrected chi connectivity index (χ4v) is 1.16. The summed E-state index contributed by atoms with van der Waals surface area (Å²) < 4.78 is 0. The molecule has 0 radical (unpaired) electrons. The SMILES string of the molecule is CCN(Cc1ccccn1)C(=O)Cl. The van der Waals surface area contributed by atoms with Gasteiger partial charge in [-0.3, -0.25) is 9.78 Å². The van der Waals surface area contributed by atoms with Crippen LogP contribution >= 0.6 is 11.6 Å². The lowest BCUT2D eigenvalue weighted by Gasteiger charge is -2.16. The third-order valence-corrected chi connectivity index (χ3v) is 1.95. The summed E-state index contributed by atoms with van der Waals surface area (Å²) >= 11 is 5.35. The van der Waals surface area contributed by atoms with E-state index in [2.05, 4.69) is 4.98 Å². The van der Waals surface area contributed by atoms with Crippen LogP contribution in [0.2, 0.25) is 0 Å². The van der Waals surface area contributed by atoms with E-state index in [4.69, 9.17) is 11.6 Å². The van der Waals surface area contributed by atoms with Crippen molar-refractivity contribution in [3.05, 3.63) is 30.1 Å². The number of hydrogen-bond acceptors (Lipinski definition) is 2. The topological polar surface area (TPSA) is 33.2 Å². The molecule has 0 atom stereocenters. The zero-order chi connectivity index (χ0) is 9.68. The fourth-order valence-electron chi connectivity index (χ4n) is 0.985. The Morgan fingerprint density at radius 3 is 2.85 bits per heavy atom. The van der Waals surface area contributed by atoms with Gasteiger partial charge in [-0.2, -0.15) is 0 Å². The molecule has 0 spiro atoms. The summed E-state index contributed by atoms with van der Waals surface area (Å²) in [6.45, 7) is 2.95. The molecule has 0 N–H and O–H groups in total. The molecule has 0 bridgehead atoms. The highest BCUT2D eigenvalue weighted by Crippen LogP contribution is 2.03. The normalized spacial score (nSPS) is 9.69. The molecule has 0 aliphatic rings. The summed E-state index contributed by atoms with van der Waals surface area (Å²) in [5, 5.41) is -0.437. The highest BCUT2D eigenvalue weighted by atomic mass is 35.5. The van der Waals surface area contributed by atoms with Gasteiger partial charge >= 0.3 is 5.37 Å². The van der Waals surface area contributed by atoms with Gasteiger partial charge in [-0.05, 0) is 30.7 Å². The number of hydrogen-bond donors (Lipinski definition) is 0. The van der Waals surface area contributed by atoms with Gasteiger partial charge in [0.05, 0.1) is 12.2 Å². The monoisotopic (exact) mass is 198 g/mol. The zero-order valence-corrected chi connectivity index (χ0v) is 8.16. The number of halogens is 1. The van der Waals surface area contributed by atoms with Crippen molar-refractivity contribution in [2.45, 2.75) is 13.5 Å². The number of aromatic nitrogens is 1. The lowest BCUT2D eigenvalue weighted by Crippen LogP contribution is -2.25. The summed E-state index contributed by atoms with van der Waals surface area (Å²) in [4.78, 5) is 16.5. The molecule has 0 fully saturated rings. The second kappa shape index (κ2) is 4.82. The van der Waals surface area contributed by atoms with E-state index in [-0.39, 0.29) is 0 Å². The lowest BCUT2D eigenvalue weighted by atomic mass is 10.3. The lowest BCUT2D eigenvalue weighted by molar-refractivity contribution is 0.221. The molecule has 70 valence electrons. The summed E-state index contributed by atoms with van der Waals surface area (Å²) in [7, 11) is 0. The van der Waals surface area contributed by atoms with E-state index in [1.54, 1.807) is 6.20 Å². The van der Waals surface area contributed by atoms with Gasteiger partial charge in [-0.15, -0.1) is 0 Å². The first-order valence-corrected chi connectivity index (χ1v) is 4.46. The van der Waals surface area contributed by atoms with Crippen LogP contribution in [0.3, 0.4) is 0 Å². The highest BCUT2D eigenvalue weighted by molar-refractivity contribution is 6.62. The molecule has 3 nitrogen and oxygen atoms in total. The van der Waals surface area contributed by atoms with Crippen LogP contribution in [0, 0.1) is 0 Å². The van der Waals surface area contributed by atoms with E-state index < -0.39 is 5.37 Å². The molecule has 1 aromatic rings. The Morgan fingerprint density at radius 1 is 1.62 bits per heavy atom. The van der Waals surface area contributed by atoms with Crippen molar-refractivity contribution in [2.24, 2.45) is 0 Å². The van der Waals surface area contributed by atoms with Crippen LogP contribution in [0.1, 0.15) is 12.6 Å². The van der Waals surface area contributed by atoms with Crippen molar-refractivity contribution in [3.63, 3.8) is 0 Å². The van der Waals surface area contributed by atoms with Gasteiger partial charge in [-0.1, -0.05) is 6.07 Å². The standard InChI is InChI=1S/C9H11ClN2O/c1-2-12(9(10)13)7-8-5-3-4-6-11-8/h3-6H,2,7H2,1H3. The Kier molecular flexibility index (Phi) is 3.71. The van der Waals surface area contributed by atoms with Gasteiger partial charge in [-0.25, -0.2) is 0 Å². The van der Waals surface area contributed by atoms with Crippen LogP contribution in [0.15, 0.2) is 24.4 Å². The van der Waals surface area contributed by atoms with Crippen LogP contribution in [-0.2, 0) is 6.54 Å². The number of pyridine rings is 1. The molecule has 1 amide bonds. The Morgan fingerprint density at radius 2 is 2.38 bits per heavy atom. The molecule has 4 heteroatoms. The predicted octanol–water partition coefficient (Wildman–Crippen LogP) is 2.26. The smallest absolute Gasteiger partial charge is 0.316 e. The Balaban J connectivity index is 2.62. The van der Waals surface area contributed by atoms with Crippen molar-refractivity contribution >= 4 is 17.0 Å². The number of nitrogens with zero attached hydrogens (tertiary/aromatic N) is 2. The van der Waals surface area contributed by atoms with Crippen LogP contribution in [0.4, 0.5) is 4.79 Å². The first-order valence-electron chi connectivity index (χ1n) is 4.08. The van der Waals surface area contributed by atoms with Crippen molar-refractivity contribution in [3.8, 4) is 0 Å². The van der Waals surface area contributed by atoms with E-state index in [9.17, 15) is 4.79 Å². The van der Waals surface area contributed by atoms with Crippen molar-refractivity contribution < 1.29 is 4.79 Å². The van der Waals surface area contributed by atoms with Gasteiger partial charge in [0.15, 0.2) is 0 Å². The molecule has 1 heterocycles. The van der Waals surface area contributed by atoms with E-state index in [1.807, 2.05) is 25.1 Å². The summed E-state index contributed by atoms with van der Waals surface area (Å²) in [6, 6.07) is 5.58. The summed E-state index contributed by atoms with van der Waals surface area (Å²) in [5.74, 6) is 0. The highest BCUT2D eigenvalue weighted by Gasteiger charge is 2.08. The maximum Gasteiger partial charge on any atom is 0.316 e. The average molecular weight is 199 g/mol. The quantitative estimate of drug-likeness (QED) is 0.552. The first kappa shape index (κ1) is 9.99. The van der Waals surface area contributed by atoms with E-state index in [0.717, 1.165) is 5.69 Å². The molecule has 1 aromatic heterocycles. The Labute approximate surface area is 82.3 Å². The van der Waals surface area contributed by atoms with Crippen LogP contribution in [-0.4, -0.2) is 21.8 Å². The van der Waals surface area contributed by atoms with E-state index in [0.29, 0.717) is 13.1 Å². The van der Waals surface area contributed by atoms with E-state index >= 15 is 0 Å². The van der Waals surface area contributed by atoms with Crippen molar-refractivity contribution in [1.82, 2.24) is 9.88 Å².